The quantitative estimate of drug-likeness (QED) is 0.248. The third-order valence-corrected chi connectivity index (χ3v) is 7.08. The van der Waals surface area contributed by atoms with Gasteiger partial charge in [0.25, 0.3) is 0 Å². The second-order valence-electron chi connectivity index (χ2n) is 6.84. The van der Waals surface area contributed by atoms with Gasteiger partial charge in [-0.1, -0.05) is 54.7 Å². The fourth-order valence-corrected chi connectivity index (χ4v) is 5.87. The number of carbonyl (C=O) groups excluding carboxylic acids is 1. The maximum Gasteiger partial charge on any atom is 0.193 e. The molecule has 0 radical (unpaired) electrons. The van der Waals surface area contributed by atoms with E-state index in [0.29, 0.717) is 18.9 Å². The van der Waals surface area contributed by atoms with E-state index in [9.17, 15) is 4.79 Å². The number of benzene rings is 2. The summed E-state index contributed by atoms with van der Waals surface area (Å²) >= 11 is 3.38. The predicted octanol–water partition coefficient (Wildman–Crippen LogP) is 5.64. The molecule has 1 heterocycles. The van der Waals surface area contributed by atoms with Crippen LogP contribution in [0, 0.1) is 0 Å². The Bertz CT molecular complexity index is 986. The molecule has 0 fully saturated rings. The van der Waals surface area contributed by atoms with Crippen molar-refractivity contribution in [2.75, 3.05) is 31.1 Å². The predicted molar refractivity (Wildman–Crippen MR) is 120 cm³/mol. The monoisotopic (exact) mass is 425 g/mol. The first-order valence-corrected chi connectivity index (χ1v) is 11.5. The molecule has 2 aromatic rings. The van der Waals surface area contributed by atoms with Gasteiger partial charge in [-0.05, 0) is 30.9 Å². The lowest BCUT2D eigenvalue weighted by Gasteiger charge is -2.23. The van der Waals surface area contributed by atoms with Crippen LogP contribution in [0.25, 0.3) is 0 Å². The first-order chi connectivity index (χ1) is 14.1. The molecule has 2 aliphatic rings. The van der Waals surface area contributed by atoms with Crippen LogP contribution in [0.3, 0.4) is 0 Å². The van der Waals surface area contributed by atoms with Crippen LogP contribution in [-0.4, -0.2) is 32.0 Å². The summed E-state index contributed by atoms with van der Waals surface area (Å²) in [5.74, 6) is 0.763. The number of rotatable bonds is 7. The van der Waals surface area contributed by atoms with E-state index in [-0.39, 0.29) is 17.8 Å². The SMILES string of the molecule is C=C(C)OCOCCN1C(=C2C(=O)c3ccccc3C2SC)Sc2ccccc21. The first kappa shape index (κ1) is 20.1. The van der Waals surface area contributed by atoms with Gasteiger partial charge < -0.3 is 14.4 Å². The minimum absolute atomic E-state index is 0.0469. The Balaban J connectivity index is 1.66. The molecule has 0 aromatic heterocycles. The van der Waals surface area contributed by atoms with Gasteiger partial charge in [-0.2, -0.15) is 11.8 Å². The third-order valence-electron chi connectivity index (χ3n) is 4.92. The van der Waals surface area contributed by atoms with Gasteiger partial charge >= 0.3 is 0 Å². The molecule has 1 atom stereocenters. The molecule has 150 valence electrons. The maximum absolute atomic E-state index is 13.3. The molecule has 4 rings (SSSR count). The van der Waals surface area contributed by atoms with Gasteiger partial charge in [0.05, 0.1) is 28.3 Å². The summed E-state index contributed by atoms with van der Waals surface area (Å²) in [4.78, 5) is 16.7. The number of Topliss-reactive ketones (excluding diaryl/α,β-unsaturated/α-hetero) is 1. The molecule has 1 aliphatic heterocycles. The molecule has 2 aromatic carbocycles. The summed E-state index contributed by atoms with van der Waals surface area (Å²) in [7, 11) is 0. The fraction of sp³-hybridized carbons (Fsp3) is 0.261. The average Bonchev–Trinajstić information content (AvgIpc) is 3.22. The number of hydrogen-bond acceptors (Lipinski definition) is 6. The molecule has 0 amide bonds. The van der Waals surface area contributed by atoms with Gasteiger partial charge in [0.1, 0.15) is 0 Å². The van der Waals surface area contributed by atoms with E-state index in [1.807, 2.05) is 30.3 Å². The second-order valence-corrected chi connectivity index (χ2v) is 8.82. The Labute approximate surface area is 180 Å². The van der Waals surface area contributed by atoms with Crippen molar-refractivity contribution in [3.05, 3.63) is 82.6 Å². The largest absolute Gasteiger partial charge is 0.473 e. The van der Waals surface area contributed by atoms with Crippen LogP contribution in [0.15, 0.2) is 76.4 Å². The lowest BCUT2D eigenvalue weighted by Crippen LogP contribution is -2.25. The number of anilines is 1. The van der Waals surface area contributed by atoms with E-state index >= 15 is 0 Å². The summed E-state index contributed by atoms with van der Waals surface area (Å²) < 4.78 is 10.9. The summed E-state index contributed by atoms with van der Waals surface area (Å²) in [6.07, 6.45) is 2.07. The number of ketones is 1. The van der Waals surface area contributed by atoms with Crippen molar-refractivity contribution in [3.8, 4) is 0 Å². The molecular formula is C23H23NO3S2. The zero-order valence-corrected chi connectivity index (χ0v) is 18.1. The van der Waals surface area contributed by atoms with Gasteiger partial charge in [0.15, 0.2) is 12.6 Å². The van der Waals surface area contributed by atoms with Crippen molar-refractivity contribution in [2.24, 2.45) is 0 Å². The standard InChI is InChI=1S/C23H23NO3S2/c1-15(2)27-14-26-13-12-24-18-10-6-7-11-19(18)29-23(24)20-21(25)16-8-4-5-9-17(16)22(20)28-3/h4-11,22H,1,12-14H2,2-3H3. The van der Waals surface area contributed by atoms with Crippen molar-refractivity contribution >= 4 is 35.0 Å². The van der Waals surface area contributed by atoms with Crippen LogP contribution in [0.5, 0.6) is 0 Å². The van der Waals surface area contributed by atoms with Gasteiger partial charge in [-0.3, -0.25) is 4.79 Å². The molecule has 0 saturated heterocycles. The highest BCUT2D eigenvalue weighted by atomic mass is 32.2. The lowest BCUT2D eigenvalue weighted by atomic mass is 10.1. The van der Waals surface area contributed by atoms with Crippen molar-refractivity contribution in [1.82, 2.24) is 0 Å². The zero-order chi connectivity index (χ0) is 20.4. The molecule has 1 aliphatic carbocycles. The van der Waals surface area contributed by atoms with Crippen LogP contribution in [-0.2, 0) is 9.47 Å². The number of carbonyl (C=O) groups is 1. The van der Waals surface area contributed by atoms with Crippen LogP contribution in [0.2, 0.25) is 0 Å². The lowest BCUT2D eigenvalue weighted by molar-refractivity contribution is -0.0188. The summed E-state index contributed by atoms with van der Waals surface area (Å²) in [5, 5.41) is 1.06. The number of para-hydroxylation sites is 1. The Morgan fingerprint density at radius 1 is 1.21 bits per heavy atom. The highest BCUT2D eigenvalue weighted by Gasteiger charge is 2.40. The van der Waals surface area contributed by atoms with Crippen molar-refractivity contribution in [3.63, 3.8) is 0 Å². The number of thioether (sulfide) groups is 2. The number of nitrogens with zero attached hydrogens (tertiary/aromatic N) is 1. The van der Waals surface area contributed by atoms with Crippen molar-refractivity contribution < 1.29 is 14.3 Å². The molecule has 1 unspecified atom stereocenters. The van der Waals surface area contributed by atoms with E-state index in [1.54, 1.807) is 30.4 Å². The Morgan fingerprint density at radius 3 is 2.76 bits per heavy atom. The Hall–Kier alpha value is -2.15. The van der Waals surface area contributed by atoms with Crippen LogP contribution in [0.1, 0.15) is 28.1 Å². The van der Waals surface area contributed by atoms with E-state index in [2.05, 4.69) is 35.9 Å². The van der Waals surface area contributed by atoms with E-state index in [0.717, 1.165) is 32.3 Å². The summed E-state index contributed by atoms with van der Waals surface area (Å²) in [5.41, 5.74) is 3.91. The zero-order valence-electron chi connectivity index (χ0n) is 16.5. The highest BCUT2D eigenvalue weighted by Crippen LogP contribution is 2.53. The fourth-order valence-electron chi connectivity index (χ4n) is 3.62. The Kier molecular flexibility index (Phi) is 6.04. The molecular weight excluding hydrogens is 402 g/mol. The van der Waals surface area contributed by atoms with E-state index in [1.165, 1.54) is 0 Å². The van der Waals surface area contributed by atoms with E-state index < -0.39 is 0 Å². The van der Waals surface area contributed by atoms with Crippen LogP contribution < -0.4 is 4.90 Å². The molecule has 6 heteroatoms. The molecule has 0 spiro atoms. The minimum Gasteiger partial charge on any atom is -0.473 e. The average molecular weight is 426 g/mol. The van der Waals surface area contributed by atoms with Crippen LogP contribution >= 0.6 is 23.5 Å². The van der Waals surface area contributed by atoms with Gasteiger partial charge in [0.2, 0.25) is 0 Å². The topological polar surface area (TPSA) is 38.8 Å². The number of fused-ring (bicyclic) bond motifs is 2. The molecule has 4 nitrogen and oxygen atoms in total. The normalized spacial score (nSPS) is 20.0. The Morgan fingerprint density at radius 2 is 1.97 bits per heavy atom. The van der Waals surface area contributed by atoms with Crippen molar-refractivity contribution in [2.45, 2.75) is 17.1 Å². The van der Waals surface area contributed by atoms with Crippen molar-refractivity contribution in [1.29, 1.82) is 0 Å². The molecule has 0 saturated carbocycles. The molecule has 29 heavy (non-hydrogen) atoms. The highest BCUT2D eigenvalue weighted by molar-refractivity contribution is 8.04. The molecule has 0 N–H and O–H groups in total. The molecule has 0 bridgehead atoms. The third kappa shape index (κ3) is 3.84. The number of ether oxygens (including phenoxy) is 2. The summed E-state index contributed by atoms with van der Waals surface area (Å²) in [6, 6.07) is 16.2. The number of allylic oxidation sites excluding steroid dienone is 1. The van der Waals surface area contributed by atoms with Gasteiger partial charge in [-0.25, -0.2) is 0 Å². The first-order valence-electron chi connectivity index (χ1n) is 9.43. The maximum atomic E-state index is 13.3. The number of hydrogen-bond donors (Lipinski definition) is 0. The smallest absolute Gasteiger partial charge is 0.193 e. The van der Waals surface area contributed by atoms with Crippen LogP contribution in [0.4, 0.5) is 5.69 Å². The van der Waals surface area contributed by atoms with E-state index in [4.69, 9.17) is 9.47 Å². The van der Waals surface area contributed by atoms with Gasteiger partial charge in [-0.15, -0.1) is 0 Å². The second kappa shape index (κ2) is 8.69. The van der Waals surface area contributed by atoms with Gasteiger partial charge in [0, 0.05) is 22.6 Å². The summed E-state index contributed by atoms with van der Waals surface area (Å²) in [6.45, 7) is 6.82. The minimum atomic E-state index is 0.0469.